The lowest BCUT2D eigenvalue weighted by atomic mass is 9.76. The van der Waals surface area contributed by atoms with Crippen LogP contribution in [0.25, 0.3) is 0 Å². The number of rotatable bonds is 7. The predicted molar refractivity (Wildman–Crippen MR) is 73.1 cm³/mol. The number of benzene rings is 1. The van der Waals surface area contributed by atoms with Gasteiger partial charge in [0.2, 0.25) is 0 Å². The summed E-state index contributed by atoms with van der Waals surface area (Å²) in [5.74, 6) is 0.665. The molecule has 1 aliphatic carbocycles. The second-order valence-electron chi connectivity index (χ2n) is 4.71. The number of nitrogens with one attached hydrogen (secondary N) is 1. The van der Waals surface area contributed by atoms with Crippen LogP contribution >= 0.6 is 11.6 Å². The van der Waals surface area contributed by atoms with Crippen molar-refractivity contribution in [2.45, 2.75) is 24.8 Å². The predicted octanol–water partition coefficient (Wildman–Crippen LogP) is 2.18. The summed E-state index contributed by atoms with van der Waals surface area (Å²) < 4.78 is 5.20. The van der Waals surface area contributed by atoms with E-state index in [4.69, 9.17) is 21.4 Å². The van der Waals surface area contributed by atoms with Crippen LogP contribution in [0, 0.1) is 0 Å². The molecular formula is C14H20ClNO2. The molecule has 0 unspecified atom stereocenters. The standard InChI is InChI=1S/C14H20ClNO2/c15-13-3-1-11(2-4-13)12-9-14(10-12)16-5-7-18-8-6-17/h1-4,12,14,16-17H,5-10H2. The summed E-state index contributed by atoms with van der Waals surface area (Å²) in [6.07, 6.45) is 2.36. The van der Waals surface area contributed by atoms with Gasteiger partial charge >= 0.3 is 0 Å². The van der Waals surface area contributed by atoms with Crippen LogP contribution in [0.4, 0.5) is 0 Å². The van der Waals surface area contributed by atoms with Crippen molar-refractivity contribution >= 4 is 11.6 Å². The van der Waals surface area contributed by atoms with Crippen LogP contribution in [0.15, 0.2) is 24.3 Å². The molecule has 0 bridgehead atoms. The minimum atomic E-state index is 0.0993. The second-order valence-corrected chi connectivity index (χ2v) is 5.14. The van der Waals surface area contributed by atoms with Crippen LogP contribution in [0.5, 0.6) is 0 Å². The zero-order chi connectivity index (χ0) is 12.8. The summed E-state index contributed by atoms with van der Waals surface area (Å²) in [7, 11) is 0. The zero-order valence-corrected chi connectivity index (χ0v) is 11.2. The van der Waals surface area contributed by atoms with E-state index in [0.717, 1.165) is 11.6 Å². The Morgan fingerprint density at radius 3 is 2.61 bits per heavy atom. The maximum absolute atomic E-state index is 8.56. The van der Waals surface area contributed by atoms with Gasteiger partial charge in [-0.05, 0) is 36.5 Å². The zero-order valence-electron chi connectivity index (χ0n) is 10.4. The number of ether oxygens (including phenoxy) is 1. The summed E-state index contributed by atoms with van der Waals surface area (Å²) in [5, 5.41) is 12.8. The average molecular weight is 270 g/mol. The van der Waals surface area contributed by atoms with Crippen molar-refractivity contribution in [3.8, 4) is 0 Å². The number of aliphatic hydroxyl groups is 1. The molecule has 1 fully saturated rings. The van der Waals surface area contributed by atoms with Gasteiger partial charge in [-0.2, -0.15) is 0 Å². The van der Waals surface area contributed by atoms with E-state index in [2.05, 4.69) is 17.4 Å². The molecular weight excluding hydrogens is 250 g/mol. The van der Waals surface area contributed by atoms with Gasteiger partial charge in [0, 0.05) is 17.6 Å². The second kappa shape index (κ2) is 7.10. The molecule has 2 N–H and O–H groups in total. The van der Waals surface area contributed by atoms with Crippen molar-refractivity contribution in [3.63, 3.8) is 0 Å². The van der Waals surface area contributed by atoms with Crippen molar-refractivity contribution in [3.05, 3.63) is 34.9 Å². The molecule has 4 heteroatoms. The molecule has 0 radical (unpaired) electrons. The summed E-state index contributed by atoms with van der Waals surface area (Å²) in [6, 6.07) is 8.76. The Kier molecular flexibility index (Phi) is 5.45. The smallest absolute Gasteiger partial charge is 0.0698 e. The van der Waals surface area contributed by atoms with Crippen molar-refractivity contribution in [2.24, 2.45) is 0 Å². The molecule has 1 saturated carbocycles. The fraction of sp³-hybridized carbons (Fsp3) is 0.571. The lowest BCUT2D eigenvalue weighted by Gasteiger charge is -2.36. The highest BCUT2D eigenvalue weighted by molar-refractivity contribution is 6.30. The van der Waals surface area contributed by atoms with Crippen molar-refractivity contribution in [1.82, 2.24) is 5.32 Å². The maximum atomic E-state index is 8.56. The molecule has 18 heavy (non-hydrogen) atoms. The van der Waals surface area contributed by atoms with Crippen molar-refractivity contribution < 1.29 is 9.84 Å². The Labute approximate surface area is 113 Å². The van der Waals surface area contributed by atoms with Crippen LogP contribution < -0.4 is 5.32 Å². The van der Waals surface area contributed by atoms with Gasteiger partial charge < -0.3 is 15.2 Å². The molecule has 0 spiro atoms. The van der Waals surface area contributed by atoms with Crippen LogP contribution in [0.1, 0.15) is 24.3 Å². The van der Waals surface area contributed by atoms with E-state index in [1.54, 1.807) is 0 Å². The number of hydrogen-bond donors (Lipinski definition) is 2. The molecule has 0 atom stereocenters. The minimum Gasteiger partial charge on any atom is -0.394 e. The van der Waals surface area contributed by atoms with Gasteiger partial charge in [0.25, 0.3) is 0 Å². The molecule has 0 saturated heterocycles. The van der Waals surface area contributed by atoms with Gasteiger partial charge in [0.05, 0.1) is 19.8 Å². The Hall–Kier alpha value is -0.610. The van der Waals surface area contributed by atoms with Crippen LogP contribution in [0.3, 0.4) is 0 Å². The molecule has 1 aromatic carbocycles. The lowest BCUT2D eigenvalue weighted by Crippen LogP contribution is -2.41. The van der Waals surface area contributed by atoms with Gasteiger partial charge in [-0.25, -0.2) is 0 Å². The van der Waals surface area contributed by atoms with E-state index in [9.17, 15) is 0 Å². The monoisotopic (exact) mass is 269 g/mol. The molecule has 2 rings (SSSR count). The highest BCUT2D eigenvalue weighted by atomic mass is 35.5. The van der Waals surface area contributed by atoms with E-state index in [1.807, 2.05) is 12.1 Å². The molecule has 0 aliphatic heterocycles. The third-order valence-corrected chi connectivity index (χ3v) is 3.65. The molecule has 0 aromatic heterocycles. The Morgan fingerprint density at radius 2 is 1.94 bits per heavy atom. The van der Waals surface area contributed by atoms with E-state index >= 15 is 0 Å². The summed E-state index contributed by atoms with van der Waals surface area (Å²) in [6.45, 7) is 2.06. The van der Waals surface area contributed by atoms with Crippen LogP contribution in [0.2, 0.25) is 5.02 Å². The Balaban J connectivity index is 1.60. The lowest BCUT2D eigenvalue weighted by molar-refractivity contribution is 0.0901. The maximum Gasteiger partial charge on any atom is 0.0698 e. The normalized spacial score (nSPS) is 22.8. The van der Waals surface area contributed by atoms with Crippen LogP contribution in [-0.4, -0.2) is 37.5 Å². The Bertz CT molecular complexity index is 349. The molecule has 1 aliphatic rings. The van der Waals surface area contributed by atoms with Crippen LogP contribution in [-0.2, 0) is 4.74 Å². The molecule has 0 heterocycles. The third-order valence-electron chi connectivity index (χ3n) is 3.39. The fourth-order valence-corrected chi connectivity index (χ4v) is 2.42. The van der Waals surface area contributed by atoms with Crippen molar-refractivity contribution in [1.29, 1.82) is 0 Å². The molecule has 1 aromatic rings. The number of aliphatic hydroxyl groups excluding tert-OH is 1. The van der Waals surface area contributed by atoms with E-state index in [0.29, 0.717) is 25.2 Å². The van der Waals surface area contributed by atoms with E-state index in [1.165, 1.54) is 18.4 Å². The topological polar surface area (TPSA) is 41.5 Å². The van der Waals surface area contributed by atoms with Gasteiger partial charge in [0.1, 0.15) is 0 Å². The van der Waals surface area contributed by atoms with Gasteiger partial charge in [-0.15, -0.1) is 0 Å². The fourth-order valence-electron chi connectivity index (χ4n) is 2.29. The molecule has 0 amide bonds. The van der Waals surface area contributed by atoms with Crippen molar-refractivity contribution in [2.75, 3.05) is 26.4 Å². The molecule has 3 nitrogen and oxygen atoms in total. The van der Waals surface area contributed by atoms with E-state index < -0.39 is 0 Å². The summed E-state index contributed by atoms with van der Waals surface area (Å²) in [5.41, 5.74) is 1.38. The first-order valence-electron chi connectivity index (χ1n) is 6.47. The highest BCUT2D eigenvalue weighted by Crippen LogP contribution is 2.37. The first kappa shape index (κ1) is 13.8. The minimum absolute atomic E-state index is 0.0993. The van der Waals surface area contributed by atoms with Gasteiger partial charge in [-0.3, -0.25) is 0 Å². The number of halogens is 1. The SMILES string of the molecule is OCCOCCNC1CC(c2ccc(Cl)cc2)C1. The number of hydrogen-bond acceptors (Lipinski definition) is 3. The van der Waals surface area contributed by atoms with Gasteiger partial charge in [0.15, 0.2) is 0 Å². The molecule has 100 valence electrons. The highest BCUT2D eigenvalue weighted by Gasteiger charge is 2.29. The third kappa shape index (κ3) is 3.95. The Morgan fingerprint density at radius 1 is 1.22 bits per heavy atom. The average Bonchev–Trinajstić information content (AvgIpc) is 2.33. The quantitative estimate of drug-likeness (QED) is 0.746. The first-order chi connectivity index (χ1) is 8.79. The summed E-state index contributed by atoms with van der Waals surface area (Å²) >= 11 is 5.87. The van der Waals surface area contributed by atoms with E-state index in [-0.39, 0.29) is 6.61 Å². The first-order valence-corrected chi connectivity index (χ1v) is 6.85. The largest absolute Gasteiger partial charge is 0.394 e. The van der Waals surface area contributed by atoms with Gasteiger partial charge in [-0.1, -0.05) is 23.7 Å². The summed E-state index contributed by atoms with van der Waals surface area (Å²) in [4.78, 5) is 0.